The molecule has 3 nitrogen and oxygen atoms in total. The van der Waals surface area contributed by atoms with Crippen LogP contribution in [0.25, 0.3) is 0 Å². The Balaban J connectivity index is 2.34. The van der Waals surface area contributed by atoms with Gasteiger partial charge in [-0.1, -0.05) is 26.0 Å². The SMILES string of the molecule is CCOc1ccc(CNCC(CO)C(C)C)cc1. The van der Waals surface area contributed by atoms with E-state index in [1.165, 1.54) is 5.56 Å². The highest BCUT2D eigenvalue weighted by Gasteiger charge is 2.11. The fourth-order valence-corrected chi connectivity index (χ4v) is 1.78. The molecule has 0 bridgehead atoms. The van der Waals surface area contributed by atoms with Gasteiger partial charge in [-0.3, -0.25) is 0 Å². The highest BCUT2D eigenvalue weighted by Crippen LogP contribution is 2.12. The Hall–Kier alpha value is -1.06. The van der Waals surface area contributed by atoms with Crippen molar-refractivity contribution in [2.45, 2.75) is 27.3 Å². The molecule has 1 aromatic carbocycles. The summed E-state index contributed by atoms with van der Waals surface area (Å²) in [4.78, 5) is 0. The molecular formula is C15H25NO2. The van der Waals surface area contributed by atoms with Crippen molar-refractivity contribution in [3.05, 3.63) is 29.8 Å². The Kier molecular flexibility index (Phi) is 6.76. The van der Waals surface area contributed by atoms with Gasteiger partial charge in [0, 0.05) is 19.7 Å². The number of nitrogens with one attached hydrogen (secondary N) is 1. The number of aliphatic hydroxyl groups excluding tert-OH is 1. The number of rotatable bonds is 8. The zero-order chi connectivity index (χ0) is 13.4. The van der Waals surface area contributed by atoms with Crippen molar-refractivity contribution in [2.24, 2.45) is 11.8 Å². The minimum Gasteiger partial charge on any atom is -0.494 e. The molecule has 18 heavy (non-hydrogen) atoms. The van der Waals surface area contributed by atoms with Crippen LogP contribution in [0.5, 0.6) is 5.75 Å². The first-order chi connectivity index (χ1) is 8.67. The predicted octanol–water partition coefficient (Wildman–Crippen LogP) is 2.44. The Bertz CT molecular complexity index is 322. The summed E-state index contributed by atoms with van der Waals surface area (Å²) < 4.78 is 5.40. The number of hydrogen-bond donors (Lipinski definition) is 2. The smallest absolute Gasteiger partial charge is 0.119 e. The van der Waals surface area contributed by atoms with Crippen molar-refractivity contribution in [3.8, 4) is 5.75 Å². The Morgan fingerprint density at radius 2 is 1.89 bits per heavy atom. The van der Waals surface area contributed by atoms with Gasteiger partial charge < -0.3 is 15.2 Å². The molecule has 1 aromatic rings. The van der Waals surface area contributed by atoms with Gasteiger partial charge in [-0.25, -0.2) is 0 Å². The zero-order valence-electron chi connectivity index (χ0n) is 11.6. The van der Waals surface area contributed by atoms with Gasteiger partial charge in [0.15, 0.2) is 0 Å². The van der Waals surface area contributed by atoms with E-state index >= 15 is 0 Å². The molecule has 0 saturated heterocycles. The van der Waals surface area contributed by atoms with Crippen molar-refractivity contribution >= 4 is 0 Å². The third kappa shape index (κ3) is 5.07. The lowest BCUT2D eigenvalue weighted by atomic mass is 9.97. The van der Waals surface area contributed by atoms with Crippen molar-refractivity contribution in [2.75, 3.05) is 19.8 Å². The van der Waals surface area contributed by atoms with Gasteiger partial charge >= 0.3 is 0 Å². The summed E-state index contributed by atoms with van der Waals surface area (Å²) in [6, 6.07) is 8.13. The van der Waals surface area contributed by atoms with E-state index in [9.17, 15) is 5.11 Å². The third-order valence-corrected chi connectivity index (χ3v) is 3.15. The van der Waals surface area contributed by atoms with Gasteiger partial charge in [0.05, 0.1) is 6.61 Å². The molecule has 1 rings (SSSR count). The van der Waals surface area contributed by atoms with Crippen LogP contribution >= 0.6 is 0 Å². The van der Waals surface area contributed by atoms with E-state index in [1.54, 1.807) is 0 Å². The van der Waals surface area contributed by atoms with Crippen LogP contribution in [0.1, 0.15) is 26.3 Å². The summed E-state index contributed by atoms with van der Waals surface area (Å²) in [5, 5.41) is 12.6. The summed E-state index contributed by atoms with van der Waals surface area (Å²) in [5.74, 6) is 1.74. The highest BCUT2D eigenvalue weighted by molar-refractivity contribution is 5.27. The van der Waals surface area contributed by atoms with E-state index in [0.717, 1.165) is 18.8 Å². The van der Waals surface area contributed by atoms with Crippen molar-refractivity contribution < 1.29 is 9.84 Å². The second kappa shape index (κ2) is 8.11. The van der Waals surface area contributed by atoms with Crippen molar-refractivity contribution in [1.82, 2.24) is 5.32 Å². The largest absolute Gasteiger partial charge is 0.494 e. The molecule has 0 aromatic heterocycles. The van der Waals surface area contributed by atoms with Crippen LogP contribution in [0.2, 0.25) is 0 Å². The van der Waals surface area contributed by atoms with Gasteiger partial charge in [0.1, 0.15) is 5.75 Å². The lowest BCUT2D eigenvalue weighted by Crippen LogP contribution is -2.28. The monoisotopic (exact) mass is 251 g/mol. The van der Waals surface area contributed by atoms with E-state index in [4.69, 9.17) is 4.74 Å². The molecule has 1 atom stereocenters. The fraction of sp³-hybridized carbons (Fsp3) is 0.600. The topological polar surface area (TPSA) is 41.5 Å². The van der Waals surface area contributed by atoms with E-state index in [0.29, 0.717) is 18.4 Å². The second-order valence-electron chi connectivity index (χ2n) is 4.89. The maximum Gasteiger partial charge on any atom is 0.119 e. The molecule has 0 aliphatic rings. The van der Waals surface area contributed by atoms with Crippen LogP contribution in [0.4, 0.5) is 0 Å². The average Bonchev–Trinajstić information content (AvgIpc) is 2.36. The van der Waals surface area contributed by atoms with Crippen LogP contribution in [0.15, 0.2) is 24.3 Å². The van der Waals surface area contributed by atoms with E-state index in [-0.39, 0.29) is 6.61 Å². The lowest BCUT2D eigenvalue weighted by molar-refractivity contribution is 0.186. The minimum absolute atomic E-state index is 0.244. The highest BCUT2D eigenvalue weighted by atomic mass is 16.5. The lowest BCUT2D eigenvalue weighted by Gasteiger charge is -2.18. The number of benzene rings is 1. The number of ether oxygens (including phenoxy) is 1. The first-order valence-corrected chi connectivity index (χ1v) is 6.70. The van der Waals surface area contributed by atoms with Gasteiger partial charge in [-0.2, -0.15) is 0 Å². The van der Waals surface area contributed by atoms with Crippen LogP contribution in [0, 0.1) is 11.8 Å². The van der Waals surface area contributed by atoms with Crippen LogP contribution in [0.3, 0.4) is 0 Å². The van der Waals surface area contributed by atoms with Gasteiger partial charge in [0.2, 0.25) is 0 Å². The first-order valence-electron chi connectivity index (χ1n) is 6.70. The zero-order valence-corrected chi connectivity index (χ0v) is 11.6. The van der Waals surface area contributed by atoms with Crippen LogP contribution in [-0.2, 0) is 6.54 Å². The minimum atomic E-state index is 0.244. The summed E-state index contributed by atoms with van der Waals surface area (Å²) >= 11 is 0. The standard InChI is InChI=1S/C15H25NO2/c1-4-18-15-7-5-13(6-8-15)9-16-10-14(11-17)12(2)3/h5-8,12,14,16-17H,4,9-11H2,1-3H3. The quantitative estimate of drug-likeness (QED) is 0.745. The fourth-order valence-electron chi connectivity index (χ4n) is 1.78. The molecule has 2 N–H and O–H groups in total. The second-order valence-corrected chi connectivity index (χ2v) is 4.89. The predicted molar refractivity (Wildman–Crippen MR) is 74.7 cm³/mol. The normalized spacial score (nSPS) is 12.7. The molecular weight excluding hydrogens is 226 g/mol. The summed E-state index contributed by atoms with van der Waals surface area (Å²) in [6.45, 7) is 8.88. The Morgan fingerprint density at radius 3 is 2.39 bits per heavy atom. The molecule has 0 aliphatic carbocycles. The van der Waals surface area contributed by atoms with Gasteiger partial charge in [-0.05, 0) is 36.5 Å². The molecule has 0 amide bonds. The summed E-state index contributed by atoms with van der Waals surface area (Å²) in [7, 11) is 0. The molecule has 102 valence electrons. The maximum atomic E-state index is 9.23. The number of hydrogen-bond acceptors (Lipinski definition) is 3. The third-order valence-electron chi connectivity index (χ3n) is 3.15. The van der Waals surface area contributed by atoms with Crippen molar-refractivity contribution in [3.63, 3.8) is 0 Å². The van der Waals surface area contributed by atoms with Crippen LogP contribution < -0.4 is 10.1 Å². The molecule has 3 heteroatoms. The molecule has 0 spiro atoms. The summed E-state index contributed by atoms with van der Waals surface area (Å²) in [5.41, 5.74) is 1.24. The molecule has 0 fully saturated rings. The first kappa shape index (κ1) is 15.0. The van der Waals surface area contributed by atoms with Crippen molar-refractivity contribution in [1.29, 1.82) is 0 Å². The van der Waals surface area contributed by atoms with E-state index in [2.05, 4.69) is 31.3 Å². The Labute approximate surface area is 110 Å². The number of aliphatic hydroxyl groups is 1. The molecule has 0 saturated carbocycles. The van der Waals surface area contributed by atoms with Gasteiger partial charge in [0.25, 0.3) is 0 Å². The van der Waals surface area contributed by atoms with Gasteiger partial charge in [-0.15, -0.1) is 0 Å². The molecule has 1 unspecified atom stereocenters. The molecule has 0 radical (unpaired) electrons. The van der Waals surface area contributed by atoms with Crippen LogP contribution in [-0.4, -0.2) is 24.9 Å². The molecule has 0 heterocycles. The van der Waals surface area contributed by atoms with E-state index in [1.807, 2.05) is 19.1 Å². The molecule has 0 aliphatic heterocycles. The maximum absolute atomic E-state index is 9.23. The Morgan fingerprint density at radius 1 is 1.22 bits per heavy atom. The summed E-state index contributed by atoms with van der Waals surface area (Å²) in [6.07, 6.45) is 0. The average molecular weight is 251 g/mol. The van der Waals surface area contributed by atoms with E-state index < -0.39 is 0 Å².